The number of benzene rings is 2. The molecule has 6 heteroatoms. The topological polar surface area (TPSA) is 62.7 Å². The molecule has 130 valence electrons. The lowest BCUT2D eigenvalue weighted by Gasteiger charge is -2.08. The van der Waals surface area contributed by atoms with Crippen molar-refractivity contribution in [2.45, 2.75) is 13.5 Å². The summed E-state index contributed by atoms with van der Waals surface area (Å²) < 4.78 is 1.79. The van der Waals surface area contributed by atoms with Crippen molar-refractivity contribution in [3.8, 4) is 0 Å². The minimum Gasteiger partial charge on any atom is -0.351 e. The molecule has 2 heterocycles. The molecule has 26 heavy (non-hydrogen) atoms. The molecule has 0 atom stereocenters. The van der Waals surface area contributed by atoms with E-state index in [2.05, 4.69) is 15.4 Å². The lowest BCUT2D eigenvalue weighted by Crippen LogP contribution is -2.16. The molecule has 2 aromatic heterocycles. The number of nitrogens with one attached hydrogen (secondary N) is 2. The summed E-state index contributed by atoms with van der Waals surface area (Å²) in [7, 11) is 0. The van der Waals surface area contributed by atoms with Gasteiger partial charge in [0.05, 0.1) is 12.2 Å². The molecule has 4 aromatic rings. The van der Waals surface area contributed by atoms with Crippen LogP contribution in [0.4, 0.5) is 5.82 Å². The molecule has 2 N–H and O–H groups in total. The molecule has 0 saturated carbocycles. The van der Waals surface area contributed by atoms with Crippen LogP contribution in [0.15, 0.2) is 60.7 Å². The van der Waals surface area contributed by atoms with E-state index in [0.29, 0.717) is 23.1 Å². The number of carbonyl (C=O) groups is 1. The number of fused-ring (bicyclic) bond motifs is 1. The van der Waals surface area contributed by atoms with E-state index < -0.39 is 0 Å². The first-order valence-corrected chi connectivity index (χ1v) is 8.64. The van der Waals surface area contributed by atoms with Crippen molar-refractivity contribution in [1.29, 1.82) is 0 Å². The third kappa shape index (κ3) is 3.34. The summed E-state index contributed by atoms with van der Waals surface area (Å²) in [6, 6.07) is 19.1. The van der Waals surface area contributed by atoms with Crippen molar-refractivity contribution in [2.24, 2.45) is 0 Å². The van der Waals surface area contributed by atoms with Gasteiger partial charge in [-0.3, -0.25) is 4.79 Å². The van der Waals surface area contributed by atoms with Crippen LogP contribution < -0.4 is 5.32 Å². The first-order valence-electron chi connectivity index (χ1n) is 8.26. The molecule has 0 aliphatic heterocycles. The van der Waals surface area contributed by atoms with Gasteiger partial charge in [-0.1, -0.05) is 41.9 Å². The summed E-state index contributed by atoms with van der Waals surface area (Å²) in [6.07, 6.45) is 0. The summed E-state index contributed by atoms with van der Waals surface area (Å²) in [5, 5.41) is 8.96. The molecule has 2 aromatic carbocycles. The average Bonchev–Trinajstić information content (AvgIpc) is 3.19. The quantitative estimate of drug-likeness (QED) is 0.554. The normalized spacial score (nSPS) is 11.0. The molecule has 4 rings (SSSR count). The number of rotatable bonds is 4. The van der Waals surface area contributed by atoms with Gasteiger partial charge in [-0.2, -0.15) is 5.10 Å². The predicted octanol–water partition coefficient (Wildman–Crippen LogP) is 4.63. The number of anilines is 1. The molecule has 5 nitrogen and oxygen atoms in total. The fourth-order valence-corrected chi connectivity index (χ4v) is 3.11. The molecule has 0 aliphatic rings. The summed E-state index contributed by atoms with van der Waals surface area (Å²) in [6.45, 7) is 2.49. The number of amides is 1. The van der Waals surface area contributed by atoms with Crippen LogP contribution in [0.2, 0.25) is 5.02 Å². The van der Waals surface area contributed by atoms with E-state index in [4.69, 9.17) is 11.6 Å². The van der Waals surface area contributed by atoms with Crippen molar-refractivity contribution >= 4 is 34.2 Å². The Morgan fingerprint density at radius 3 is 2.77 bits per heavy atom. The van der Waals surface area contributed by atoms with Gasteiger partial charge in [-0.25, -0.2) is 4.68 Å². The van der Waals surface area contributed by atoms with Crippen molar-refractivity contribution in [1.82, 2.24) is 14.8 Å². The summed E-state index contributed by atoms with van der Waals surface area (Å²) >= 11 is 6.01. The fraction of sp³-hybridized carbons (Fsp3) is 0.100. The van der Waals surface area contributed by atoms with Gasteiger partial charge in [0.25, 0.3) is 5.91 Å². The molecule has 1 amide bonds. The lowest BCUT2D eigenvalue weighted by molar-refractivity contribution is 0.102. The first kappa shape index (κ1) is 16.4. The zero-order chi connectivity index (χ0) is 18.1. The van der Waals surface area contributed by atoms with Gasteiger partial charge < -0.3 is 10.3 Å². The second kappa shape index (κ2) is 6.69. The van der Waals surface area contributed by atoms with E-state index in [1.165, 1.54) is 0 Å². The molecule has 0 aliphatic carbocycles. The van der Waals surface area contributed by atoms with E-state index in [-0.39, 0.29) is 5.91 Å². The Balaban J connectivity index is 1.59. The van der Waals surface area contributed by atoms with Gasteiger partial charge in [0, 0.05) is 22.0 Å². The second-order valence-corrected chi connectivity index (χ2v) is 6.62. The minimum atomic E-state index is -0.216. The highest BCUT2D eigenvalue weighted by Crippen LogP contribution is 2.21. The number of H-pyrrole nitrogens is 1. The zero-order valence-corrected chi connectivity index (χ0v) is 14.9. The minimum absolute atomic E-state index is 0.216. The van der Waals surface area contributed by atoms with Gasteiger partial charge in [0.1, 0.15) is 11.5 Å². The van der Waals surface area contributed by atoms with E-state index in [0.717, 1.165) is 22.2 Å². The summed E-state index contributed by atoms with van der Waals surface area (Å²) in [5.41, 5.74) is 3.31. The average molecular weight is 365 g/mol. The number of aromatic amines is 1. The Morgan fingerprint density at radius 2 is 1.96 bits per heavy atom. The first-order chi connectivity index (χ1) is 12.6. The maximum atomic E-state index is 12.7. The van der Waals surface area contributed by atoms with Gasteiger partial charge in [0.2, 0.25) is 0 Å². The molecule has 0 radical (unpaired) electrons. The molecule has 0 spiro atoms. The number of nitrogens with zero attached hydrogens (tertiary/aromatic N) is 2. The monoisotopic (exact) mass is 364 g/mol. The highest BCUT2D eigenvalue weighted by Gasteiger charge is 2.14. The van der Waals surface area contributed by atoms with E-state index in [1.807, 2.05) is 55.5 Å². The van der Waals surface area contributed by atoms with Crippen LogP contribution in [-0.4, -0.2) is 20.7 Å². The third-order valence-electron chi connectivity index (χ3n) is 4.15. The Hall–Kier alpha value is -3.05. The van der Waals surface area contributed by atoms with E-state index in [9.17, 15) is 4.79 Å². The van der Waals surface area contributed by atoms with Crippen LogP contribution in [0.3, 0.4) is 0 Å². The number of hydrogen-bond acceptors (Lipinski definition) is 2. The molecule has 0 fully saturated rings. The van der Waals surface area contributed by atoms with E-state index in [1.54, 1.807) is 16.8 Å². The zero-order valence-electron chi connectivity index (χ0n) is 14.2. The SMILES string of the molecule is Cc1cc(NC(=O)c2cc3cc(Cl)ccc3[nH]2)n(Cc2ccccc2)n1. The van der Waals surface area contributed by atoms with Gasteiger partial charge in [-0.15, -0.1) is 0 Å². The van der Waals surface area contributed by atoms with Crippen molar-refractivity contribution < 1.29 is 4.79 Å². The largest absolute Gasteiger partial charge is 0.351 e. The predicted molar refractivity (Wildman–Crippen MR) is 104 cm³/mol. The summed E-state index contributed by atoms with van der Waals surface area (Å²) in [5.74, 6) is 0.444. The fourth-order valence-electron chi connectivity index (χ4n) is 2.93. The maximum Gasteiger partial charge on any atom is 0.273 e. The van der Waals surface area contributed by atoms with Gasteiger partial charge >= 0.3 is 0 Å². The second-order valence-electron chi connectivity index (χ2n) is 6.18. The Morgan fingerprint density at radius 1 is 1.15 bits per heavy atom. The Bertz CT molecular complexity index is 1080. The van der Waals surface area contributed by atoms with E-state index >= 15 is 0 Å². The highest BCUT2D eigenvalue weighted by molar-refractivity contribution is 6.31. The molecule has 0 saturated heterocycles. The van der Waals surface area contributed by atoms with Crippen LogP contribution >= 0.6 is 11.6 Å². The molecular formula is C20H17ClN4O. The molecular weight excluding hydrogens is 348 g/mol. The summed E-state index contributed by atoms with van der Waals surface area (Å²) in [4.78, 5) is 15.8. The highest BCUT2D eigenvalue weighted by atomic mass is 35.5. The lowest BCUT2D eigenvalue weighted by atomic mass is 10.2. The maximum absolute atomic E-state index is 12.7. The number of aryl methyl sites for hydroxylation is 1. The van der Waals surface area contributed by atoms with Crippen molar-refractivity contribution in [3.63, 3.8) is 0 Å². The van der Waals surface area contributed by atoms with Crippen molar-refractivity contribution in [2.75, 3.05) is 5.32 Å². The number of aromatic nitrogens is 3. The number of halogens is 1. The van der Waals surface area contributed by atoms with Crippen LogP contribution in [-0.2, 0) is 6.54 Å². The molecule has 0 bridgehead atoms. The van der Waals surface area contributed by atoms with Gasteiger partial charge in [-0.05, 0) is 36.8 Å². The third-order valence-corrected chi connectivity index (χ3v) is 4.38. The van der Waals surface area contributed by atoms with Crippen molar-refractivity contribution in [3.05, 3.63) is 82.6 Å². The standard InChI is InChI=1S/C20H17ClN4O/c1-13-9-19(25(24-13)12-14-5-3-2-4-6-14)23-20(26)18-11-15-10-16(21)7-8-17(15)22-18/h2-11,22H,12H2,1H3,(H,23,26). The van der Waals surface area contributed by atoms with Crippen LogP contribution in [0.5, 0.6) is 0 Å². The Kier molecular flexibility index (Phi) is 4.22. The smallest absolute Gasteiger partial charge is 0.273 e. The van der Waals surface area contributed by atoms with Crippen LogP contribution in [0.25, 0.3) is 10.9 Å². The molecule has 0 unspecified atom stereocenters. The van der Waals surface area contributed by atoms with Crippen LogP contribution in [0.1, 0.15) is 21.7 Å². The Labute approximate surface area is 155 Å². The number of carbonyl (C=O) groups excluding carboxylic acids is 1. The van der Waals surface area contributed by atoms with Gasteiger partial charge in [0.15, 0.2) is 0 Å². The number of hydrogen-bond donors (Lipinski definition) is 2. The van der Waals surface area contributed by atoms with Crippen LogP contribution in [0, 0.1) is 6.92 Å².